The Morgan fingerprint density at radius 2 is 1.06 bits per heavy atom. The molecule has 0 aromatic rings. The summed E-state index contributed by atoms with van der Waals surface area (Å²) in [5, 5.41) is 0. The molecule has 0 aromatic carbocycles. The summed E-state index contributed by atoms with van der Waals surface area (Å²) in [5.41, 5.74) is 0. The number of rotatable bonds is 24. The summed E-state index contributed by atoms with van der Waals surface area (Å²) in [5.74, 6) is -0.0754. The number of nitrogens with zero attached hydrogens (tertiary/aromatic N) is 1. The lowest BCUT2D eigenvalue weighted by molar-refractivity contribution is -0.148. The molecule has 0 fully saturated rings. The molecule has 0 bridgehead atoms. The van der Waals surface area contributed by atoms with Crippen LogP contribution in [0.1, 0.15) is 142 Å². The molecular formula is C29H57NO2. The molecule has 0 amide bonds. The molecule has 0 aromatic heterocycles. The Balaban J connectivity index is 3.35. The first-order valence-corrected chi connectivity index (χ1v) is 14.1. The van der Waals surface area contributed by atoms with Gasteiger partial charge in [-0.1, -0.05) is 115 Å². The van der Waals surface area contributed by atoms with E-state index in [4.69, 9.17) is 4.74 Å². The van der Waals surface area contributed by atoms with Gasteiger partial charge < -0.3 is 4.74 Å². The van der Waals surface area contributed by atoms with E-state index in [-0.39, 0.29) is 12.0 Å². The molecule has 1 unspecified atom stereocenters. The number of hydrogen-bond donors (Lipinski definition) is 0. The first-order chi connectivity index (χ1) is 15.6. The van der Waals surface area contributed by atoms with Crippen LogP contribution in [0.3, 0.4) is 0 Å². The molecule has 0 aliphatic rings. The van der Waals surface area contributed by atoms with Gasteiger partial charge in [0.25, 0.3) is 0 Å². The van der Waals surface area contributed by atoms with Gasteiger partial charge in [-0.25, -0.2) is 0 Å². The zero-order valence-electron chi connectivity index (χ0n) is 22.3. The maximum Gasteiger partial charge on any atom is 0.323 e. The van der Waals surface area contributed by atoms with E-state index in [1.165, 1.54) is 116 Å². The van der Waals surface area contributed by atoms with Crippen molar-refractivity contribution in [1.82, 2.24) is 4.90 Å². The summed E-state index contributed by atoms with van der Waals surface area (Å²) in [6.45, 7) is 4.63. The van der Waals surface area contributed by atoms with E-state index in [0.717, 1.165) is 12.8 Å². The van der Waals surface area contributed by atoms with Gasteiger partial charge >= 0.3 is 5.97 Å². The van der Waals surface area contributed by atoms with Gasteiger partial charge in [0.2, 0.25) is 0 Å². The first kappa shape index (κ1) is 31.2. The maximum absolute atomic E-state index is 12.0. The minimum Gasteiger partial charge on any atom is -0.465 e. The summed E-state index contributed by atoms with van der Waals surface area (Å²) in [7, 11) is 3.92. The molecule has 0 radical (unpaired) electrons. The molecule has 0 heterocycles. The number of hydrogen-bond acceptors (Lipinski definition) is 3. The van der Waals surface area contributed by atoms with Gasteiger partial charge in [0.05, 0.1) is 6.61 Å². The third-order valence-corrected chi connectivity index (χ3v) is 6.42. The van der Waals surface area contributed by atoms with Crippen molar-refractivity contribution >= 4 is 5.97 Å². The Hall–Kier alpha value is -0.830. The number of likely N-dealkylation sites (N-methyl/N-ethyl adjacent to an activating group) is 1. The normalized spacial score (nSPS) is 12.7. The summed E-state index contributed by atoms with van der Waals surface area (Å²) in [6.07, 6.45) is 31.5. The third kappa shape index (κ3) is 21.0. The highest BCUT2D eigenvalue weighted by Gasteiger charge is 2.21. The predicted octanol–water partition coefficient (Wildman–Crippen LogP) is 8.86. The lowest BCUT2D eigenvalue weighted by atomic mass is 10.0. The maximum atomic E-state index is 12.0. The van der Waals surface area contributed by atoms with Crippen LogP contribution in [0.25, 0.3) is 0 Å². The van der Waals surface area contributed by atoms with Gasteiger partial charge in [-0.15, -0.1) is 0 Å². The average Bonchev–Trinajstić information content (AvgIpc) is 2.77. The van der Waals surface area contributed by atoms with Crippen molar-refractivity contribution < 1.29 is 9.53 Å². The fourth-order valence-electron chi connectivity index (χ4n) is 4.29. The SMILES string of the molecule is CCCCCCCCCCCCCCC/C=C/CCCCCCC(C(=O)OCC)N(C)C. The average molecular weight is 452 g/mol. The van der Waals surface area contributed by atoms with Crippen LogP contribution in [0.2, 0.25) is 0 Å². The summed E-state index contributed by atoms with van der Waals surface area (Å²) < 4.78 is 5.17. The Kier molecular flexibility index (Phi) is 24.2. The van der Waals surface area contributed by atoms with Crippen molar-refractivity contribution in [2.24, 2.45) is 0 Å². The fourth-order valence-corrected chi connectivity index (χ4v) is 4.29. The first-order valence-electron chi connectivity index (χ1n) is 14.1. The molecule has 32 heavy (non-hydrogen) atoms. The van der Waals surface area contributed by atoms with E-state index in [2.05, 4.69) is 19.1 Å². The Morgan fingerprint density at radius 3 is 1.47 bits per heavy atom. The van der Waals surface area contributed by atoms with Gasteiger partial charge in [0.1, 0.15) is 6.04 Å². The van der Waals surface area contributed by atoms with Crippen molar-refractivity contribution in [2.75, 3.05) is 20.7 Å². The van der Waals surface area contributed by atoms with Crippen LogP contribution in [0.4, 0.5) is 0 Å². The second-order valence-electron chi connectivity index (χ2n) is 9.73. The van der Waals surface area contributed by atoms with Gasteiger partial charge in [-0.2, -0.15) is 0 Å². The second kappa shape index (κ2) is 24.8. The molecule has 3 heteroatoms. The molecule has 0 saturated carbocycles. The topological polar surface area (TPSA) is 29.5 Å². The molecule has 0 aliphatic heterocycles. The monoisotopic (exact) mass is 451 g/mol. The minimum absolute atomic E-state index is 0.0754. The van der Waals surface area contributed by atoms with E-state index in [1.54, 1.807) is 0 Å². The Labute approximate surface area is 201 Å². The van der Waals surface area contributed by atoms with E-state index in [1.807, 2.05) is 25.9 Å². The van der Waals surface area contributed by atoms with E-state index >= 15 is 0 Å². The predicted molar refractivity (Wildman–Crippen MR) is 141 cm³/mol. The Bertz CT molecular complexity index is 419. The second-order valence-corrected chi connectivity index (χ2v) is 9.73. The minimum atomic E-state index is -0.0878. The summed E-state index contributed by atoms with van der Waals surface area (Å²) in [6, 6.07) is -0.0878. The van der Waals surface area contributed by atoms with Crippen molar-refractivity contribution in [2.45, 2.75) is 148 Å². The van der Waals surface area contributed by atoms with E-state index < -0.39 is 0 Å². The van der Waals surface area contributed by atoms with Crippen LogP contribution in [0, 0.1) is 0 Å². The van der Waals surface area contributed by atoms with Crippen LogP contribution in [0.15, 0.2) is 12.2 Å². The number of carbonyl (C=O) groups excluding carboxylic acids is 1. The summed E-state index contributed by atoms with van der Waals surface area (Å²) >= 11 is 0. The van der Waals surface area contributed by atoms with Crippen LogP contribution < -0.4 is 0 Å². The van der Waals surface area contributed by atoms with Crippen LogP contribution in [-0.2, 0) is 9.53 Å². The lowest BCUT2D eigenvalue weighted by Gasteiger charge is -2.22. The number of allylic oxidation sites excluding steroid dienone is 2. The molecule has 1 atom stereocenters. The smallest absolute Gasteiger partial charge is 0.323 e. The molecular weight excluding hydrogens is 394 g/mol. The molecule has 0 N–H and O–H groups in total. The molecule has 0 aliphatic carbocycles. The van der Waals surface area contributed by atoms with Crippen molar-refractivity contribution in [3.05, 3.63) is 12.2 Å². The van der Waals surface area contributed by atoms with Crippen LogP contribution in [-0.4, -0.2) is 37.6 Å². The van der Waals surface area contributed by atoms with Crippen LogP contribution >= 0.6 is 0 Å². The van der Waals surface area contributed by atoms with Gasteiger partial charge in [0.15, 0.2) is 0 Å². The number of unbranched alkanes of at least 4 members (excludes halogenated alkanes) is 17. The molecule has 0 spiro atoms. The zero-order valence-corrected chi connectivity index (χ0v) is 22.3. The van der Waals surface area contributed by atoms with Crippen molar-refractivity contribution in [1.29, 1.82) is 0 Å². The van der Waals surface area contributed by atoms with Gasteiger partial charge in [0, 0.05) is 0 Å². The third-order valence-electron chi connectivity index (χ3n) is 6.42. The fraction of sp³-hybridized carbons (Fsp3) is 0.897. The van der Waals surface area contributed by atoms with Crippen LogP contribution in [0.5, 0.6) is 0 Å². The number of carbonyl (C=O) groups is 1. The standard InChI is InChI=1S/C29H57NO2/c1-5-7-8-9-10-11-12-13-14-15-16-17-18-19-20-21-22-23-24-25-26-27-28(30(3)4)29(31)32-6-2/h20-21,28H,5-19,22-27H2,1-4H3/b21-20+. The molecule has 190 valence electrons. The molecule has 0 rings (SSSR count). The van der Waals surface area contributed by atoms with Crippen molar-refractivity contribution in [3.8, 4) is 0 Å². The summed E-state index contributed by atoms with van der Waals surface area (Å²) in [4.78, 5) is 13.9. The van der Waals surface area contributed by atoms with E-state index in [0.29, 0.717) is 6.61 Å². The highest BCUT2D eigenvalue weighted by molar-refractivity contribution is 5.75. The molecule has 0 saturated heterocycles. The quantitative estimate of drug-likeness (QED) is 0.0833. The largest absolute Gasteiger partial charge is 0.465 e. The Morgan fingerprint density at radius 1 is 0.656 bits per heavy atom. The molecule has 3 nitrogen and oxygen atoms in total. The van der Waals surface area contributed by atoms with Crippen molar-refractivity contribution in [3.63, 3.8) is 0 Å². The number of esters is 1. The zero-order chi connectivity index (χ0) is 23.7. The van der Waals surface area contributed by atoms with Gasteiger partial charge in [-0.05, 0) is 53.1 Å². The highest BCUT2D eigenvalue weighted by Crippen LogP contribution is 2.14. The highest BCUT2D eigenvalue weighted by atomic mass is 16.5. The number of ether oxygens (including phenoxy) is 1. The van der Waals surface area contributed by atoms with E-state index in [9.17, 15) is 4.79 Å². The lowest BCUT2D eigenvalue weighted by Crippen LogP contribution is -2.37. The van der Waals surface area contributed by atoms with Gasteiger partial charge in [-0.3, -0.25) is 9.69 Å².